The number of nitrogens with zero attached hydrogens (tertiary/aromatic N) is 3. The van der Waals surface area contributed by atoms with Crippen molar-refractivity contribution in [1.82, 2.24) is 14.7 Å². The Kier molecular flexibility index (Phi) is 6.12. The lowest BCUT2D eigenvalue weighted by Gasteiger charge is -2.31. The van der Waals surface area contributed by atoms with Crippen molar-refractivity contribution >= 4 is 33.3 Å². The average molecular weight is 443 g/mol. The summed E-state index contributed by atoms with van der Waals surface area (Å²) in [7, 11) is 0. The molecule has 1 aromatic heterocycles. The summed E-state index contributed by atoms with van der Waals surface area (Å²) in [5, 5.41) is 6.27. The van der Waals surface area contributed by atoms with E-state index in [0.29, 0.717) is 12.5 Å². The van der Waals surface area contributed by atoms with Gasteiger partial charge in [-0.25, -0.2) is 4.98 Å². The van der Waals surface area contributed by atoms with Crippen molar-refractivity contribution in [1.29, 1.82) is 0 Å². The molecule has 1 amide bonds. The van der Waals surface area contributed by atoms with Crippen LogP contribution >= 0.6 is 11.5 Å². The zero-order valence-electron chi connectivity index (χ0n) is 17.9. The van der Waals surface area contributed by atoms with Gasteiger partial charge in [0.05, 0.1) is 0 Å². The van der Waals surface area contributed by atoms with Gasteiger partial charge >= 0.3 is 0 Å². The van der Waals surface area contributed by atoms with Gasteiger partial charge in [0, 0.05) is 43.2 Å². The monoisotopic (exact) mass is 442 g/mol. The van der Waals surface area contributed by atoms with E-state index in [9.17, 15) is 4.79 Å². The van der Waals surface area contributed by atoms with E-state index in [1.54, 1.807) is 0 Å². The molecule has 6 heteroatoms. The van der Waals surface area contributed by atoms with Crippen molar-refractivity contribution in [2.24, 2.45) is 5.92 Å². The van der Waals surface area contributed by atoms with Crippen LogP contribution < -0.4 is 10.2 Å². The third-order valence-corrected chi connectivity index (χ3v) is 6.95. The highest BCUT2D eigenvalue weighted by Gasteiger charge is 2.22. The van der Waals surface area contributed by atoms with Crippen LogP contribution in [0.25, 0.3) is 10.8 Å². The highest BCUT2D eigenvalue weighted by Crippen LogP contribution is 2.25. The Balaban J connectivity index is 1.13. The number of hydrogen-bond donors (Lipinski definition) is 1. The summed E-state index contributed by atoms with van der Waals surface area (Å²) in [5.74, 6) is 1.39. The van der Waals surface area contributed by atoms with Gasteiger partial charge in [-0.05, 0) is 41.2 Å². The van der Waals surface area contributed by atoms with Crippen molar-refractivity contribution in [3.63, 3.8) is 0 Å². The summed E-state index contributed by atoms with van der Waals surface area (Å²) >= 11 is 1.49. The first-order valence-electron chi connectivity index (χ1n) is 11.1. The highest BCUT2D eigenvalue weighted by atomic mass is 32.1. The van der Waals surface area contributed by atoms with Crippen molar-refractivity contribution < 1.29 is 4.79 Å². The lowest BCUT2D eigenvalue weighted by Crippen LogP contribution is -2.38. The molecule has 1 saturated heterocycles. The molecule has 162 valence electrons. The van der Waals surface area contributed by atoms with Crippen LogP contribution in [0, 0.1) is 5.92 Å². The molecule has 1 aliphatic rings. The summed E-state index contributed by atoms with van der Waals surface area (Å²) < 4.78 is 4.56. The second kappa shape index (κ2) is 9.49. The van der Waals surface area contributed by atoms with Crippen LogP contribution in [0.4, 0.5) is 5.13 Å². The third-order valence-electron chi connectivity index (χ3n) is 6.13. The maximum Gasteiger partial charge on any atom is 0.251 e. The molecule has 0 spiro atoms. The SMILES string of the molecule is O=C(NCC1CCN(c2nc(Cc3ccccc3)ns2)CC1)c1cccc2ccccc12. The minimum absolute atomic E-state index is 0.0129. The highest BCUT2D eigenvalue weighted by molar-refractivity contribution is 7.09. The molecule has 3 aromatic carbocycles. The predicted octanol–water partition coefficient (Wildman–Crippen LogP) is 4.93. The average Bonchev–Trinajstić information content (AvgIpc) is 3.31. The van der Waals surface area contributed by atoms with E-state index >= 15 is 0 Å². The van der Waals surface area contributed by atoms with E-state index in [4.69, 9.17) is 4.98 Å². The number of piperidine rings is 1. The number of benzene rings is 3. The number of nitrogens with one attached hydrogen (secondary N) is 1. The van der Waals surface area contributed by atoms with Crippen LogP contribution in [0.3, 0.4) is 0 Å². The standard InChI is InChI=1S/C26H26N4OS/c31-25(23-12-6-10-21-9-4-5-11-22(21)23)27-18-20-13-15-30(16-14-20)26-28-24(29-32-26)17-19-7-2-1-3-8-19/h1-12,20H,13-18H2,(H,27,31). The lowest BCUT2D eigenvalue weighted by atomic mass is 9.96. The molecule has 0 aliphatic carbocycles. The number of rotatable bonds is 6. The van der Waals surface area contributed by atoms with E-state index < -0.39 is 0 Å². The molecule has 1 N–H and O–H groups in total. The van der Waals surface area contributed by atoms with E-state index in [2.05, 4.69) is 26.7 Å². The Morgan fingerprint density at radius 2 is 1.72 bits per heavy atom. The molecule has 5 rings (SSSR count). The van der Waals surface area contributed by atoms with E-state index in [1.165, 1.54) is 17.1 Å². The quantitative estimate of drug-likeness (QED) is 0.460. The van der Waals surface area contributed by atoms with Gasteiger partial charge in [-0.2, -0.15) is 4.37 Å². The van der Waals surface area contributed by atoms with Crippen LogP contribution in [0.2, 0.25) is 0 Å². The molecule has 0 bridgehead atoms. The van der Waals surface area contributed by atoms with Crippen LogP contribution in [0.5, 0.6) is 0 Å². The van der Waals surface area contributed by atoms with Crippen molar-refractivity contribution in [2.45, 2.75) is 19.3 Å². The molecule has 32 heavy (non-hydrogen) atoms. The van der Waals surface area contributed by atoms with Gasteiger partial charge in [-0.3, -0.25) is 4.79 Å². The zero-order valence-corrected chi connectivity index (χ0v) is 18.7. The molecule has 0 unspecified atom stereocenters. The third kappa shape index (κ3) is 4.65. The second-order valence-corrected chi connectivity index (χ2v) is 9.05. The fourth-order valence-electron chi connectivity index (χ4n) is 4.31. The van der Waals surface area contributed by atoms with Gasteiger partial charge in [0.1, 0.15) is 5.82 Å². The first-order valence-corrected chi connectivity index (χ1v) is 11.9. The van der Waals surface area contributed by atoms with E-state index in [1.807, 2.05) is 60.7 Å². The van der Waals surface area contributed by atoms with Crippen molar-refractivity contribution in [2.75, 3.05) is 24.5 Å². The summed E-state index contributed by atoms with van der Waals surface area (Å²) in [4.78, 5) is 19.9. The Hall–Kier alpha value is -3.25. The predicted molar refractivity (Wildman–Crippen MR) is 130 cm³/mol. The number of fused-ring (bicyclic) bond motifs is 1. The first kappa shape index (κ1) is 20.6. The minimum atomic E-state index is 0.0129. The summed E-state index contributed by atoms with van der Waals surface area (Å²) in [5.41, 5.74) is 1.98. The Labute approximate surface area is 192 Å². The van der Waals surface area contributed by atoms with Crippen molar-refractivity contribution in [3.8, 4) is 0 Å². The lowest BCUT2D eigenvalue weighted by molar-refractivity contribution is 0.0946. The summed E-state index contributed by atoms with van der Waals surface area (Å²) in [6, 6.07) is 24.3. The molecule has 4 aromatic rings. The summed E-state index contributed by atoms with van der Waals surface area (Å²) in [6.45, 7) is 2.62. The number of carbonyl (C=O) groups is 1. The zero-order chi connectivity index (χ0) is 21.8. The minimum Gasteiger partial charge on any atom is -0.352 e. The fraction of sp³-hybridized carbons (Fsp3) is 0.269. The van der Waals surface area contributed by atoms with Gasteiger partial charge in [0.2, 0.25) is 5.13 Å². The topological polar surface area (TPSA) is 58.1 Å². The van der Waals surface area contributed by atoms with Crippen LogP contribution in [-0.4, -0.2) is 34.9 Å². The number of aromatic nitrogens is 2. The Morgan fingerprint density at radius 3 is 2.56 bits per heavy atom. The van der Waals surface area contributed by atoms with Gasteiger partial charge in [-0.1, -0.05) is 66.7 Å². The molecule has 5 nitrogen and oxygen atoms in total. The Bertz CT molecular complexity index is 1190. The normalized spacial score (nSPS) is 14.6. The van der Waals surface area contributed by atoms with Crippen LogP contribution in [-0.2, 0) is 6.42 Å². The molecular weight excluding hydrogens is 416 g/mol. The second-order valence-electron chi connectivity index (χ2n) is 8.32. The van der Waals surface area contributed by atoms with E-state index in [-0.39, 0.29) is 5.91 Å². The number of amides is 1. The maximum absolute atomic E-state index is 12.8. The van der Waals surface area contributed by atoms with Gasteiger partial charge in [-0.15, -0.1) is 0 Å². The molecule has 2 heterocycles. The fourth-order valence-corrected chi connectivity index (χ4v) is 5.04. The molecule has 1 aliphatic heterocycles. The molecule has 0 saturated carbocycles. The number of anilines is 1. The maximum atomic E-state index is 12.8. The summed E-state index contributed by atoms with van der Waals surface area (Å²) in [6.07, 6.45) is 2.86. The van der Waals surface area contributed by atoms with Gasteiger partial charge < -0.3 is 10.2 Å². The van der Waals surface area contributed by atoms with Crippen LogP contribution in [0.15, 0.2) is 72.8 Å². The first-order chi connectivity index (χ1) is 15.8. The molecule has 1 fully saturated rings. The molecule has 0 atom stereocenters. The van der Waals surface area contributed by atoms with Gasteiger partial charge in [0.15, 0.2) is 0 Å². The smallest absolute Gasteiger partial charge is 0.251 e. The Morgan fingerprint density at radius 1 is 0.969 bits per heavy atom. The largest absolute Gasteiger partial charge is 0.352 e. The molecular formula is C26H26N4OS. The number of carbonyl (C=O) groups excluding carboxylic acids is 1. The van der Waals surface area contributed by atoms with Crippen molar-refractivity contribution in [3.05, 3.63) is 89.7 Å². The van der Waals surface area contributed by atoms with Crippen LogP contribution in [0.1, 0.15) is 34.6 Å². The number of hydrogen-bond acceptors (Lipinski definition) is 5. The van der Waals surface area contributed by atoms with E-state index in [0.717, 1.165) is 59.6 Å². The van der Waals surface area contributed by atoms with Gasteiger partial charge in [0.25, 0.3) is 5.91 Å². The molecule has 0 radical (unpaired) electrons.